The fourth-order valence-corrected chi connectivity index (χ4v) is 3.95. The van der Waals surface area contributed by atoms with E-state index in [1.165, 1.54) is 0 Å². The number of rotatable bonds is 6. The molecule has 2 heterocycles. The van der Waals surface area contributed by atoms with Gasteiger partial charge in [-0.05, 0) is 29.8 Å². The summed E-state index contributed by atoms with van der Waals surface area (Å²) < 4.78 is 7.14. The minimum absolute atomic E-state index is 0.180. The Morgan fingerprint density at radius 2 is 1.93 bits per heavy atom. The van der Waals surface area contributed by atoms with Gasteiger partial charge in [0.1, 0.15) is 5.75 Å². The molecule has 3 aromatic rings. The van der Waals surface area contributed by atoms with Crippen molar-refractivity contribution in [2.75, 3.05) is 33.3 Å². The van der Waals surface area contributed by atoms with Crippen molar-refractivity contribution < 1.29 is 9.53 Å². The minimum atomic E-state index is 0.180. The molecular formula is C22H25ClN4O2. The van der Waals surface area contributed by atoms with E-state index in [1.807, 2.05) is 52.2 Å². The molecule has 29 heavy (non-hydrogen) atoms. The van der Waals surface area contributed by atoms with Gasteiger partial charge in [-0.15, -0.1) is 0 Å². The van der Waals surface area contributed by atoms with Crippen molar-refractivity contribution in [2.45, 2.75) is 19.5 Å². The summed E-state index contributed by atoms with van der Waals surface area (Å²) in [5, 5.41) is 6.24. The molecule has 1 aliphatic rings. The topological polar surface area (TPSA) is 50.6 Å². The molecule has 1 saturated heterocycles. The lowest BCUT2D eigenvalue weighted by molar-refractivity contribution is -0.133. The number of halogens is 1. The van der Waals surface area contributed by atoms with Crippen molar-refractivity contribution >= 4 is 28.4 Å². The molecule has 0 bridgehead atoms. The largest absolute Gasteiger partial charge is 0.497 e. The van der Waals surface area contributed by atoms with E-state index >= 15 is 0 Å². The van der Waals surface area contributed by atoms with Gasteiger partial charge in [-0.25, -0.2) is 0 Å². The average Bonchev–Trinajstić information content (AvgIpc) is 3.16. The maximum atomic E-state index is 12.7. The number of aromatic nitrogens is 2. The first kappa shape index (κ1) is 19.7. The quantitative estimate of drug-likeness (QED) is 0.622. The third kappa shape index (κ3) is 4.54. The van der Waals surface area contributed by atoms with Crippen LogP contribution in [0.25, 0.3) is 10.9 Å². The Balaban J connectivity index is 1.28. The van der Waals surface area contributed by atoms with Gasteiger partial charge in [-0.2, -0.15) is 5.10 Å². The summed E-state index contributed by atoms with van der Waals surface area (Å²) in [7, 11) is 1.65. The van der Waals surface area contributed by atoms with E-state index < -0.39 is 0 Å². The van der Waals surface area contributed by atoms with Gasteiger partial charge in [0.2, 0.25) is 5.91 Å². The predicted molar refractivity (Wildman–Crippen MR) is 114 cm³/mol. The number of amides is 1. The van der Waals surface area contributed by atoms with Crippen molar-refractivity contribution in [3.05, 3.63) is 59.2 Å². The van der Waals surface area contributed by atoms with E-state index in [0.717, 1.165) is 60.0 Å². The molecular weight excluding hydrogens is 388 g/mol. The molecule has 0 saturated carbocycles. The van der Waals surface area contributed by atoms with Crippen molar-refractivity contribution in [1.29, 1.82) is 0 Å². The van der Waals surface area contributed by atoms with E-state index in [-0.39, 0.29) is 5.91 Å². The van der Waals surface area contributed by atoms with Gasteiger partial charge in [-0.1, -0.05) is 29.8 Å². The number of carbonyl (C=O) groups excluding carboxylic acids is 1. The van der Waals surface area contributed by atoms with Crippen LogP contribution in [0.15, 0.2) is 48.7 Å². The summed E-state index contributed by atoms with van der Waals surface area (Å²) in [5.74, 6) is 0.988. The summed E-state index contributed by atoms with van der Waals surface area (Å²) in [6.07, 6.45) is 2.27. The van der Waals surface area contributed by atoms with Crippen LogP contribution in [-0.2, 0) is 17.9 Å². The number of aryl methyl sites for hydroxylation is 1. The van der Waals surface area contributed by atoms with Gasteiger partial charge in [0.05, 0.1) is 25.4 Å². The molecule has 0 spiro atoms. The van der Waals surface area contributed by atoms with Gasteiger partial charge in [0, 0.05) is 49.6 Å². The van der Waals surface area contributed by atoms with Gasteiger partial charge in [-0.3, -0.25) is 14.4 Å². The molecule has 0 N–H and O–H groups in total. The summed E-state index contributed by atoms with van der Waals surface area (Å²) >= 11 is 6.26. The summed E-state index contributed by atoms with van der Waals surface area (Å²) in [5.41, 5.74) is 2.15. The molecule has 0 aliphatic carbocycles. The Morgan fingerprint density at radius 1 is 1.14 bits per heavy atom. The lowest BCUT2D eigenvalue weighted by Crippen LogP contribution is -2.48. The first-order valence-electron chi connectivity index (χ1n) is 9.87. The van der Waals surface area contributed by atoms with Gasteiger partial charge < -0.3 is 9.64 Å². The van der Waals surface area contributed by atoms with Crippen LogP contribution in [0.3, 0.4) is 0 Å². The number of fused-ring (bicyclic) bond motifs is 1. The zero-order chi connectivity index (χ0) is 20.2. The van der Waals surface area contributed by atoms with Crippen LogP contribution in [-0.4, -0.2) is 58.8 Å². The molecule has 2 aromatic carbocycles. The highest BCUT2D eigenvalue weighted by Crippen LogP contribution is 2.21. The molecule has 4 rings (SSSR count). The fourth-order valence-electron chi connectivity index (χ4n) is 3.75. The molecule has 0 radical (unpaired) electrons. The van der Waals surface area contributed by atoms with Crippen LogP contribution in [0.2, 0.25) is 5.02 Å². The Hall–Kier alpha value is -2.57. The van der Waals surface area contributed by atoms with Crippen LogP contribution in [0.5, 0.6) is 5.75 Å². The Bertz CT molecular complexity index is 995. The predicted octanol–water partition coefficient (Wildman–Crippen LogP) is 3.43. The van der Waals surface area contributed by atoms with Crippen LogP contribution in [0.4, 0.5) is 0 Å². The van der Waals surface area contributed by atoms with E-state index in [2.05, 4.69) is 16.1 Å². The number of nitrogens with zero attached hydrogens (tertiary/aromatic N) is 4. The van der Waals surface area contributed by atoms with Gasteiger partial charge in [0.25, 0.3) is 0 Å². The van der Waals surface area contributed by atoms with Crippen molar-refractivity contribution in [2.24, 2.45) is 0 Å². The highest BCUT2D eigenvalue weighted by molar-refractivity contribution is 6.31. The lowest BCUT2D eigenvalue weighted by atomic mass is 10.2. The first-order valence-corrected chi connectivity index (χ1v) is 10.2. The standard InChI is InChI=1S/C22H25ClN4O2/c1-29-19-6-7-21-18(14-19)15-24-27(21)9-8-22(28)26-12-10-25(11-13-26)16-17-4-2-3-5-20(17)23/h2-7,14-15H,8-13,16H2,1H3. The molecule has 1 aliphatic heterocycles. The number of benzene rings is 2. The molecule has 1 amide bonds. The summed E-state index contributed by atoms with van der Waals surface area (Å²) in [6, 6.07) is 13.8. The molecule has 1 aromatic heterocycles. The molecule has 7 heteroatoms. The highest BCUT2D eigenvalue weighted by atomic mass is 35.5. The zero-order valence-corrected chi connectivity index (χ0v) is 17.3. The van der Waals surface area contributed by atoms with Crippen molar-refractivity contribution in [3.8, 4) is 5.75 Å². The second-order valence-corrected chi connectivity index (χ2v) is 7.70. The third-order valence-electron chi connectivity index (χ3n) is 5.46. The van der Waals surface area contributed by atoms with E-state index in [9.17, 15) is 4.79 Å². The summed E-state index contributed by atoms with van der Waals surface area (Å²) in [6.45, 7) is 4.63. The Morgan fingerprint density at radius 3 is 2.69 bits per heavy atom. The second kappa shape index (κ2) is 8.84. The van der Waals surface area contributed by atoms with Crippen LogP contribution in [0, 0.1) is 0 Å². The van der Waals surface area contributed by atoms with Crippen LogP contribution < -0.4 is 4.74 Å². The maximum absolute atomic E-state index is 12.7. The average molecular weight is 413 g/mol. The number of methoxy groups -OCH3 is 1. The maximum Gasteiger partial charge on any atom is 0.224 e. The van der Waals surface area contributed by atoms with E-state index in [0.29, 0.717) is 13.0 Å². The molecule has 6 nitrogen and oxygen atoms in total. The number of ether oxygens (including phenoxy) is 1. The van der Waals surface area contributed by atoms with Gasteiger partial charge >= 0.3 is 0 Å². The van der Waals surface area contributed by atoms with Crippen molar-refractivity contribution in [1.82, 2.24) is 19.6 Å². The van der Waals surface area contributed by atoms with Crippen molar-refractivity contribution in [3.63, 3.8) is 0 Å². The fraction of sp³-hybridized carbons (Fsp3) is 0.364. The Kier molecular flexibility index (Phi) is 6.02. The third-order valence-corrected chi connectivity index (χ3v) is 5.83. The monoisotopic (exact) mass is 412 g/mol. The zero-order valence-electron chi connectivity index (χ0n) is 16.6. The normalized spacial score (nSPS) is 15.0. The minimum Gasteiger partial charge on any atom is -0.497 e. The lowest BCUT2D eigenvalue weighted by Gasteiger charge is -2.35. The van der Waals surface area contributed by atoms with Gasteiger partial charge in [0.15, 0.2) is 0 Å². The number of hydrogen-bond acceptors (Lipinski definition) is 4. The summed E-state index contributed by atoms with van der Waals surface area (Å²) in [4.78, 5) is 17.0. The first-order chi connectivity index (χ1) is 14.1. The second-order valence-electron chi connectivity index (χ2n) is 7.29. The molecule has 1 fully saturated rings. The number of piperazine rings is 1. The SMILES string of the molecule is COc1ccc2c(cnn2CCC(=O)N2CCN(Cc3ccccc3Cl)CC2)c1. The van der Waals surface area contributed by atoms with Crippen LogP contribution >= 0.6 is 11.6 Å². The van der Waals surface area contributed by atoms with E-state index in [4.69, 9.17) is 16.3 Å². The molecule has 0 unspecified atom stereocenters. The molecule has 0 atom stereocenters. The number of hydrogen-bond donors (Lipinski definition) is 0. The number of carbonyl (C=O) groups is 1. The van der Waals surface area contributed by atoms with Crippen LogP contribution in [0.1, 0.15) is 12.0 Å². The highest BCUT2D eigenvalue weighted by Gasteiger charge is 2.21. The molecule has 152 valence electrons. The smallest absolute Gasteiger partial charge is 0.224 e. The van der Waals surface area contributed by atoms with E-state index in [1.54, 1.807) is 7.11 Å². The Labute approximate surface area is 175 Å².